The molecule has 0 bridgehead atoms. The molecule has 0 aliphatic carbocycles. The third kappa shape index (κ3) is 7.08. The van der Waals surface area contributed by atoms with E-state index >= 15 is 0 Å². The molecule has 13 nitrogen and oxygen atoms in total. The number of anilines is 2. The Bertz CT molecular complexity index is 2430. The van der Waals surface area contributed by atoms with E-state index in [1.165, 1.54) is 79.1 Å². The molecule has 0 radical (unpaired) electrons. The number of rotatable bonds is 13. The average molecular weight is 740 g/mol. The molecule has 4 aromatic carbocycles. The molecule has 0 atom stereocenters. The highest BCUT2D eigenvalue weighted by atomic mass is 32.3. The highest BCUT2D eigenvalue weighted by Crippen LogP contribution is 2.32. The molecule has 0 unspecified atom stereocenters. The summed E-state index contributed by atoms with van der Waals surface area (Å²) in [6.45, 7) is 3.34. The number of fused-ring (bicyclic) bond motifs is 1. The van der Waals surface area contributed by atoms with Crippen molar-refractivity contribution in [1.29, 1.82) is 0 Å². The van der Waals surface area contributed by atoms with Gasteiger partial charge >= 0.3 is 11.5 Å². The fourth-order valence-corrected chi connectivity index (χ4v) is 9.18. The van der Waals surface area contributed by atoms with Crippen LogP contribution >= 0.6 is 0 Å². The lowest BCUT2D eigenvalue weighted by Gasteiger charge is -2.24. The fraction of sp³-hybridized carbons (Fsp3) is 0.135. The van der Waals surface area contributed by atoms with E-state index in [2.05, 4.69) is 15.3 Å². The molecule has 0 aliphatic rings. The van der Waals surface area contributed by atoms with Gasteiger partial charge in [-0.2, -0.15) is 3.71 Å². The largest absolute Gasteiger partial charge is 0.462 e. The van der Waals surface area contributed by atoms with Crippen molar-refractivity contribution < 1.29 is 31.2 Å². The molecule has 0 spiro atoms. The van der Waals surface area contributed by atoms with Gasteiger partial charge < -0.3 is 14.9 Å². The molecule has 52 heavy (non-hydrogen) atoms. The first-order chi connectivity index (χ1) is 25.0. The van der Waals surface area contributed by atoms with Crippen LogP contribution in [0.5, 0.6) is 0 Å². The van der Waals surface area contributed by atoms with Gasteiger partial charge in [0.1, 0.15) is 12.9 Å². The predicted octanol–water partition coefficient (Wildman–Crippen LogP) is 5.10. The van der Waals surface area contributed by atoms with E-state index in [9.17, 15) is 26.4 Å². The van der Waals surface area contributed by atoms with Crippen LogP contribution in [0.4, 0.5) is 11.4 Å². The summed E-state index contributed by atoms with van der Waals surface area (Å²) in [6, 6.07) is 29.5. The van der Waals surface area contributed by atoms with Gasteiger partial charge in [0.05, 0.1) is 38.9 Å². The molecule has 1 N–H and O–H groups in total. The summed E-state index contributed by atoms with van der Waals surface area (Å²) < 4.78 is 62.2. The molecule has 6 aromatic rings. The summed E-state index contributed by atoms with van der Waals surface area (Å²) in [6.07, 6.45) is 1.28. The number of benzene rings is 4. The van der Waals surface area contributed by atoms with Crippen LogP contribution in [0.2, 0.25) is 0 Å². The highest BCUT2D eigenvalue weighted by molar-refractivity contribution is 8.10. The van der Waals surface area contributed by atoms with Gasteiger partial charge in [-0.15, -0.1) is 4.73 Å². The maximum absolute atomic E-state index is 13.9. The third-order valence-electron chi connectivity index (χ3n) is 7.93. The summed E-state index contributed by atoms with van der Waals surface area (Å²) in [5.74, 6) is -0.888. The van der Waals surface area contributed by atoms with Gasteiger partial charge in [0.15, 0.2) is 11.2 Å². The van der Waals surface area contributed by atoms with Gasteiger partial charge in [-0.25, -0.2) is 31.6 Å². The number of hydrogen-bond donors (Lipinski definition) is 1. The summed E-state index contributed by atoms with van der Waals surface area (Å²) in [5.41, 5.74) is 0.752. The van der Waals surface area contributed by atoms with Crippen LogP contribution in [0.1, 0.15) is 34.1 Å². The summed E-state index contributed by atoms with van der Waals surface area (Å²) in [7, 11) is -9.19. The maximum atomic E-state index is 13.9. The van der Waals surface area contributed by atoms with Crippen molar-refractivity contribution >= 4 is 48.4 Å². The van der Waals surface area contributed by atoms with Crippen LogP contribution in [0.15, 0.2) is 136 Å². The molecule has 266 valence electrons. The quantitative estimate of drug-likeness (QED) is 0.157. The van der Waals surface area contributed by atoms with Crippen molar-refractivity contribution in [3.63, 3.8) is 0 Å². The Morgan fingerprint density at radius 2 is 1.33 bits per heavy atom. The van der Waals surface area contributed by atoms with E-state index < -0.39 is 31.6 Å². The summed E-state index contributed by atoms with van der Waals surface area (Å²) in [4.78, 5) is 41.4. The lowest BCUT2D eigenvalue weighted by molar-refractivity contribution is 0.0513. The lowest BCUT2D eigenvalue weighted by atomic mass is 10.1. The second-order valence-corrected chi connectivity index (χ2v) is 15.1. The molecule has 15 heteroatoms. The normalized spacial score (nSPS) is 11.6. The van der Waals surface area contributed by atoms with Crippen LogP contribution in [0.3, 0.4) is 0 Å². The Hall–Kier alpha value is -6.06. The zero-order chi connectivity index (χ0) is 36.9. The molecular formula is C37H33N5O8S2. The number of sulfonamides is 2. The number of carbonyl (C=O) groups is 1. The Morgan fingerprint density at radius 1 is 0.769 bits per heavy atom. The van der Waals surface area contributed by atoms with Gasteiger partial charge in [0.2, 0.25) is 0 Å². The number of aryl methyl sites for hydroxylation is 1. The SMILES string of the molecule is CCOC(=O)c1c(NCc2ccc(N(S(=O)(=O)c3ccccc3)S(=O)(=O)c3ccccc3)cc2)c2c(C)ncnc2n(OCc2ccccc2)c1=O. The van der Waals surface area contributed by atoms with Crippen LogP contribution in [0, 0.1) is 6.92 Å². The first kappa shape index (κ1) is 35.8. The Labute approximate surface area is 300 Å². The predicted molar refractivity (Wildman–Crippen MR) is 195 cm³/mol. The number of hydrogen-bond acceptors (Lipinski definition) is 11. The minimum atomic E-state index is -4.59. The Kier molecular flexibility index (Phi) is 10.3. The molecular weight excluding hydrogens is 707 g/mol. The maximum Gasteiger partial charge on any atom is 0.346 e. The minimum absolute atomic E-state index is 0.000630. The molecule has 2 aromatic heterocycles. The Balaban J connectivity index is 1.39. The smallest absolute Gasteiger partial charge is 0.346 e. The van der Waals surface area contributed by atoms with Crippen molar-refractivity contribution in [2.45, 2.75) is 36.8 Å². The van der Waals surface area contributed by atoms with E-state index in [-0.39, 0.29) is 52.1 Å². The molecule has 2 heterocycles. The first-order valence-corrected chi connectivity index (χ1v) is 18.9. The van der Waals surface area contributed by atoms with E-state index in [1.807, 2.05) is 30.3 Å². The molecule has 0 saturated heterocycles. The van der Waals surface area contributed by atoms with Gasteiger partial charge in [-0.1, -0.05) is 78.9 Å². The number of pyridine rings is 1. The van der Waals surface area contributed by atoms with Crippen LogP contribution in [-0.4, -0.2) is 44.1 Å². The number of nitrogens with one attached hydrogen (secondary N) is 1. The van der Waals surface area contributed by atoms with E-state index in [0.29, 0.717) is 20.4 Å². The van der Waals surface area contributed by atoms with E-state index in [1.54, 1.807) is 26.0 Å². The van der Waals surface area contributed by atoms with Crippen LogP contribution in [-0.2, 0) is 37.9 Å². The third-order valence-corrected chi connectivity index (χ3v) is 12.1. The van der Waals surface area contributed by atoms with Crippen LogP contribution in [0.25, 0.3) is 11.0 Å². The molecule has 0 amide bonds. The second-order valence-electron chi connectivity index (χ2n) is 11.3. The highest BCUT2D eigenvalue weighted by Gasteiger charge is 2.37. The van der Waals surface area contributed by atoms with Gasteiger partial charge in [-0.05, 0) is 61.4 Å². The Morgan fingerprint density at radius 3 is 1.88 bits per heavy atom. The van der Waals surface area contributed by atoms with E-state index in [0.717, 1.165) is 10.3 Å². The van der Waals surface area contributed by atoms with Crippen molar-refractivity contribution in [3.8, 4) is 0 Å². The molecule has 0 fully saturated rings. The zero-order valence-corrected chi connectivity index (χ0v) is 29.7. The zero-order valence-electron chi connectivity index (χ0n) is 28.0. The standard InChI is InChI=1S/C37H33N5O8S2/c1-3-49-37(44)33-34(32-26(2)39-25-40-35(32)41(36(33)43)50-24-28-13-7-4-8-14-28)38-23-27-19-21-29(22-20-27)42(51(45,46)30-15-9-5-10-16-30)52(47,48)31-17-11-6-12-18-31/h4-22,25,38H,3,23-24H2,1-2H3. The molecule has 0 saturated carbocycles. The number of aromatic nitrogens is 3. The van der Waals surface area contributed by atoms with Crippen molar-refractivity contribution in [3.05, 3.63) is 154 Å². The van der Waals surface area contributed by atoms with Gasteiger partial charge in [0, 0.05) is 6.54 Å². The average Bonchev–Trinajstić information content (AvgIpc) is 3.15. The number of carbonyl (C=O) groups excluding carboxylic acids is 1. The summed E-state index contributed by atoms with van der Waals surface area (Å²) in [5, 5.41) is 3.49. The van der Waals surface area contributed by atoms with Crippen molar-refractivity contribution in [2.75, 3.05) is 15.6 Å². The van der Waals surface area contributed by atoms with Gasteiger partial charge in [0.25, 0.3) is 20.0 Å². The molecule has 0 aliphatic heterocycles. The second kappa shape index (κ2) is 15.0. The fourth-order valence-electron chi connectivity index (χ4n) is 5.45. The first-order valence-electron chi connectivity index (χ1n) is 16.0. The summed E-state index contributed by atoms with van der Waals surface area (Å²) >= 11 is 0. The van der Waals surface area contributed by atoms with Crippen LogP contribution < -0.4 is 19.4 Å². The minimum Gasteiger partial charge on any atom is -0.462 e. The van der Waals surface area contributed by atoms with Gasteiger partial charge in [-0.3, -0.25) is 4.79 Å². The number of nitrogens with zero attached hydrogens (tertiary/aromatic N) is 4. The number of ether oxygens (including phenoxy) is 1. The van der Waals surface area contributed by atoms with E-state index in [4.69, 9.17) is 9.57 Å². The lowest BCUT2D eigenvalue weighted by Crippen LogP contribution is -2.37. The van der Waals surface area contributed by atoms with Crippen molar-refractivity contribution in [1.82, 2.24) is 14.7 Å². The monoisotopic (exact) mass is 739 g/mol. The number of esters is 1. The molecule has 6 rings (SSSR count). The topological polar surface area (TPSA) is 167 Å². The van der Waals surface area contributed by atoms with Crippen molar-refractivity contribution in [2.24, 2.45) is 0 Å².